The molecule has 0 bridgehead atoms. The first kappa shape index (κ1) is 12.5. The standard InChI is InChI=1S/C12H18N2O2S/c1-7-4-5-14(11(7)12(15)16)6-10-8(2)13-9(3)17-10/h7,11H,4-6H2,1-3H3,(H,15,16). The molecular formula is C12H18N2O2S. The molecule has 1 N–H and O–H groups in total. The molecule has 4 nitrogen and oxygen atoms in total. The smallest absolute Gasteiger partial charge is 0.321 e. The monoisotopic (exact) mass is 254 g/mol. The van der Waals surface area contributed by atoms with E-state index in [1.54, 1.807) is 11.3 Å². The first-order chi connectivity index (χ1) is 7.99. The van der Waals surface area contributed by atoms with Crippen molar-refractivity contribution in [2.24, 2.45) is 5.92 Å². The van der Waals surface area contributed by atoms with Crippen molar-refractivity contribution in [3.05, 3.63) is 15.6 Å². The van der Waals surface area contributed by atoms with Gasteiger partial charge < -0.3 is 5.11 Å². The van der Waals surface area contributed by atoms with Gasteiger partial charge in [0.2, 0.25) is 0 Å². The van der Waals surface area contributed by atoms with Gasteiger partial charge in [0.1, 0.15) is 6.04 Å². The van der Waals surface area contributed by atoms with Crippen molar-refractivity contribution >= 4 is 17.3 Å². The molecule has 0 aromatic carbocycles. The average Bonchev–Trinajstić information content (AvgIpc) is 2.71. The van der Waals surface area contributed by atoms with Crippen LogP contribution in [0.15, 0.2) is 0 Å². The molecular weight excluding hydrogens is 236 g/mol. The molecule has 0 saturated carbocycles. The Morgan fingerprint density at radius 2 is 2.29 bits per heavy atom. The lowest BCUT2D eigenvalue weighted by atomic mass is 10.0. The Balaban J connectivity index is 2.13. The van der Waals surface area contributed by atoms with Crippen LogP contribution in [0.2, 0.25) is 0 Å². The molecule has 17 heavy (non-hydrogen) atoms. The topological polar surface area (TPSA) is 53.4 Å². The van der Waals surface area contributed by atoms with Gasteiger partial charge in [0.15, 0.2) is 0 Å². The maximum atomic E-state index is 11.2. The van der Waals surface area contributed by atoms with Gasteiger partial charge in [-0.05, 0) is 32.7 Å². The Bertz CT molecular complexity index is 430. The highest BCUT2D eigenvalue weighted by Crippen LogP contribution is 2.28. The molecule has 1 aliphatic rings. The van der Waals surface area contributed by atoms with E-state index in [9.17, 15) is 9.90 Å². The Morgan fingerprint density at radius 3 is 2.82 bits per heavy atom. The lowest BCUT2D eigenvalue weighted by Crippen LogP contribution is -2.38. The molecule has 94 valence electrons. The zero-order valence-corrected chi connectivity index (χ0v) is 11.3. The molecule has 1 aromatic heterocycles. The number of rotatable bonds is 3. The summed E-state index contributed by atoms with van der Waals surface area (Å²) in [6.07, 6.45) is 0.966. The fourth-order valence-electron chi connectivity index (χ4n) is 2.51. The number of aromatic nitrogens is 1. The molecule has 0 aliphatic carbocycles. The number of likely N-dealkylation sites (tertiary alicyclic amines) is 1. The van der Waals surface area contributed by atoms with Crippen molar-refractivity contribution < 1.29 is 9.90 Å². The molecule has 0 spiro atoms. The minimum Gasteiger partial charge on any atom is -0.480 e. The summed E-state index contributed by atoms with van der Waals surface area (Å²) >= 11 is 1.67. The molecule has 1 fully saturated rings. The number of aryl methyl sites for hydroxylation is 2. The molecule has 2 heterocycles. The first-order valence-electron chi connectivity index (χ1n) is 5.89. The molecule has 2 atom stereocenters. The Labute approximate surface area is 105 Å². The van der Waals surface area contributed by atoms with Crippen LogP contribution in [0, 0.1) is 19.8 Å². The highest BCUT2D eigenvalue weighted by molar-refractivity contribution is 7.11. The molecule has 2 rings (SSSR count). The van der Waals surface area contributed by atoms with Crippen LogP contribution in [0.5, 0.6) is 0 Å². The number of carboxylic acid groups (broad SMARTS) is 1. The van der Waals surface area contributed by atoms with Crippen LogP contribution in [0.3, 0.4) is 0 Å². The van der Waals surface area contributed by atoms with E-state index in [-0.39, 0.29) is 12.0 Å². The van der Waals surface area contributed by atoms with Crippen molar-refractivity contribution in [2.75, 3.05) is 6.54 Å². The number of carboxylic acids is 1. The fourth-order valence-corrected chi connectivity index (χ4v) is 3.47. The van der Waals surface area contributed by atoms with E-state index in [0.717, 1.165) is 30.2 Å². The second-order valence-electron chi connectivity index (χ2n) is 4.76. The minimum absolute atomic E-state index is 0.238. The molecule has 5 heteroatoms. The molecule has 1 aromatic rings. The number of nitrogens with zero attached hydrogens (tertiary/aromatic N) is 2. The molecule has 2 unspecified atom stereocenters. The lowest BCUT2D eigenvalue weighted by Gasteiger charge is -2.22. The maximum absolute atomic E-state index is 11.2. The van der Waals surface area contributed by atoms with Gasteiger partial charge in [-0.1, -0.05) is 6.92 Å². The van der Waals surface area contributed by atoms with Crippen LogP contribution >= 0.6 is 11.3 Å². The second kappa shape index (κ2) is 4.74. The van der Waals surface area contributed by atoms with Gasteiger partial charge in [-0.3, -0.25) is 9.69 Å². The number of hydrogen-bond acceptors (Lipinski definition) is 4. The van der Waals surface area contributed by atoms with Crippen LogP contribution in [0.25, 0.3) is 0 Å². The molecule has 0 amide bonds. The largest absolute Gasteiger partial charge is 0.480 e. The molecule has 1 saturated heterocycles. The Hall–Kier alpha value is -0.940. The van der Waals surface area contributed by atoms with Crippen LogP contribution in [-0.4, -0.2) is 33.5 Å². The Kier molecular flexibility index (Phi) is 3.49. The van der Waals surface area contributed by atoms with E-state index < -0.39 is 5.97 Å². The fraction of sp³-hybridized carbons (Fsp3) is 0.667. The van der Waals surface area contributed by atoms with Gasteiger partial charge in [-0.2, -0.15) is 0 Å². The second-order valence-corrected chi connectivity index (χ2v) is 6.05. The van der Waals surface area contributed by atoms with E-state index in [1.165, 1.54) is 4.88 Å². The van der Waals surface area contributed by atoms with E-state index in [1.807, 2.05) is 20.8 Å². The number of carbonyl (C=O) groups is 1. The SMILES string of the molecule is Cc1nc(C)c(CN2CCC(C)C2C(=O)O)s1. The van der Waals surface area contributed by atoms with Crippen LogP contribution in [0.4, 0.5) is 0 Å². The summed E-state index contributed by atoms with van der Waals surface area (Å²) in [7, 11) is 0. The number of thiazole rings is 1. The summed E-state index contributed by atoms with van der Waals surface area (Å²) in [6.45, 7) is 7.59. The summed E-state index contributed by atoms with van der Waals surface area (Å²) in [5.74, 6) is -0.462. The number of aliphatic carboxylic acids is 1. The lowest BCUT2D eigenvalue weighted by molar-refractivity contribution is -0.143. The third-order valence-electron chi connectivity index (χ3n) is 3.40. The normalized spacial score (nSPS) is 25.4. The van der Waals surface area contributed by atoms with E-state index in [4.69, 9.17) is 0 Å². The summed E-state index contributed by atoms with van der Waals surface area (Å²) in [6, 6.07) is -0.336. The average molecular weight is 254 g/mol. The van der Waals surface area contributed by atoms with Gasteiger partial charge in [-0.25, -0.2) is 4.98 Å². The van der Waals surface area contributed by atoms with Crippen LogP contribution < -0.4 is 0 Å². The maximum Gasteiger partial charge on any atom is 0.321 e. The van der Waals surface area contributed by atoms with Crippen molar-refractivity contribution in [3.63, 3.8) is 0 Å². The Morgan fingerprint density at radius 1 is 1.59 bits per heavy atom. The highest BCUT2D eigenvalue weighted by atomic mass is 32.1. The van der Waals surface area contributed by atoms with Crippen molar-refractivity contribution in [1.29, 1.82) is 0 Å². The summed E-state index contributed by atoms with van der Waals surface area (Å²) in [4.78, 5) is 18.9. The van der Waals surface area contributed by atoms with E-state index >= 15 is 0 Å². The summed E-state index contributed by atoms with van der Waals surface area (Å²) in [5, 5.41) is 10.3. The van der Waals surface area contributed by atoms with Gasteiger partial charge in [-0.15, -0.1) is 11.3 Å². The zero-order valence-electron chi connectivity index (χ0n) is 10.4. The molecule has 0 radical (unpaired) electrons. The minimum atomic E-state index is -0.700. The van der Waals surface area contributed by atoms with Crippen molar-refractivity contribution in [1.82, 2.24) is 9.88 Å². The predicted molar refractivity (Wildman–Crippen MR) is 67.2 cm³/mol. The van der Waals surface area contributed by atoms with Crippen LogP contribution in [0.1, 0.15) is 28.9 Å². The molecule has 1 aliphatic heterocycles. The van der Waals surface area contributed by atoms with E-state index in [2.05, 4.69) is 9.88 Å². The summed E-state index contributed by atoms with van der Waals surface area (Å²) < 4.78 is 0. The van der Waals surface area contributed by atoms with Gasteiger partial charge >= 0.3 is 5.97 Å². The quantitative estimate of drug-likeness (QED) is 0.897. The predicted octanol–water partition coefficient (Wildman–Crippen LogP) is 2.05. The van der Waals surface area contributed by atoms with Crippen molar-refractivity contribution in [2.45, 2.75) is 39.8 Å². The van der Waals surface area contributed by atoms with Gasteiger partial charge in [0, 0.05) is 11.4 Å². The highest BCUT2D eigenvalue weighted by Gasteiger charge is 2.36. The zero-order chi connectivity index (χ0) is 12.6. The van der Waals surface area contributed by atoms with Gasteiger partial charge in [0.05, 0.1) is 10.7 Å². The number of hydrogen-bond donors (Lipinski definition) is 1. The van der Waals surface area contributed by atoms with Crippen LogP contribution in [-0.2, 0) is 11.3 Å². The van der Waals surface area contributed by atoms with Gasteiger partial charge in [0.25, 0.3) is 0 Å². The first-order valence-corrected chi connectivity index (χ1v) is 6.70. The third-order valence-corrected chi connectivity index (χ3v) is 4.46. The summed E-state index contributed by atoms with van der Waals surface area (Å²) in [5.41, 5.74) is 1.04. The van der Waals surface area contributed by atoms with E-state index in [0.29, 0.717) is 0 Å². The van der Waals surface area contributed by atoms with Crippen molar-refractivity contribution in [3.8, 4) is 0 Å². The third kappa shape index (κ3) is 2.50.